The van der Waals surface area contributed by atoms with Gasteiger partial charge in [0.15, 0.2) is 6.54 Å². The summed E-state index contributed by atoms with van der Waals surface area (Å²) in [6.07, 6.45) is 0. The summed E-state index contributed by atoms with van der Waals surface area (Å²) in [6, 6.07) is 13.8. The van der Waals surface area contributed by atoms with E-state index in [2.05, 4.69) is 15.6 Å². The normalized spacial score (nSPS) is 12.0. The molecule has 0 spiro atoms. The Bertz CT molecular complexity index is 966. The van der Waals surface area contributed by atoms with Crippen molar-refractivity contribution >= 4 is 39.1 Å². The summed E-state index contributed by atoms with van der Waals surface area (Å²) in [5.74, 6) is -0.388. The molecule has 2 amide bonds. The molecule has 0 aliphatic carbocycles. The van der Waals surface area contributed by atoms with E-state index in [1.54, 1.807) is 11.3 Å². The van der Waals surface area contributed by atoms with E-state index >= 15 is 0 Å². The van der Waals surface area contributed by atoms with Crippen LogP contribution in [0.3, 0.4) is 0 Å². The number of carbonyl (C=O) groups is 2. The first-order valence-corrected chi connectivity index (χ1v) is 10.0. The highest BCUT2D eigenvalue weighted by Crippen LogP contribution is 2.20. The molecule has 0 saturated heterocycles. The van der Waals surface area contributed by atoms with Gasteiger partial charge in [0.05, 0.1) is 23.8 Å². The summed E-state index contributed by atoms with van der Waals surface area (Å²) in [6.45, 7) is 4.87. The van der Waals surface area contributed by atoms with Crippen LogP contribution in [0.4, 0.5) is 5.69 Å². The van der Waals surface area contributed by atoms with Crippen molar-refractivity contribution in [3.8, 4) is 0 Å². The number of benzene rings is 2. The molecule has 0 aliphatic rings. The minimum absolute atomic E-state index is 0.0410. The number of amides is 2. The summed E-state index contributed by atoms with van der Waals surface area (Å²) in [5.41, 5.74) is 3.91. The molecule has 28 heavy (non-hydrogen) atoms. The van der Waals surface area contributed by atoms with E-state index in [0.29, 0.717) is 6.54 Å². The predicted octanol–water partition coefficient (Wildman–Crippen LogP) is 1.68. The number of rotatable bonds is 7. The summed E-state index contributed by atoms with van der Waals surface area (Å²) < 4.78 is 1.15. The van der Waals surface area contributed by atoms with Crippen molar-refractivity contribution in [2.24, 2.45) is 0 Å². The van der Waals surface area contributed by atoms with Crippen LogP contribution in [0, 0.1) is 13.8 Å². The molecule has 3 rings (SSSR count). The third-order valence-corrected chi connectivity index (χ3v) is 5.61. The fraction of sp³-hybridized carbons (Fsp3) is 0.286. The molecule has 3 N–H and O–H groups in total. The highest BCUT2D eigenvalue weighted by atomic mass is 32.1. The molecule has 0 aliphatic heterocycles. The Hall–Kier alpha value is -2.77. The standard InChI is InChI=1S/C21H24N4O2S/c1-14-7-6-9-16(15(14)2)23-19(26)11-22-20(27)12-25(3)13-21-24-17-8-4-5-10-18(17)28-21/h4-10H,11-13H2,1-3H3,(H,22,27)(H,23,26)/p+1. The van der Waals surface area contributed by atoms with Crippen LogP contribution in [0.1, 0.15) is 16.1 Å². The van der Waals surface area contributed by atoms with Crippen LogP contribution in [0.2, 0.25) is 0 Å². The Morgan fingerprint density at radius 1 is 1.07 bits per heavy atom. The number of likely N-dealkylation sites (N-methyl/N-ethyl adjacent to an activating group) is 1. The zero-order valence-electron chi connectivity index (χ0n) is 16.3. The van der Waals surface area contributed by atoms with E-state index in [-0.39, 0.29) is 24.9 Å². The molecule has 0 radical (unpaired) electrons. The third-order valence-electron chi connectivity index (χ3n) is 4.58. The molecule has 3 aromatic rings. The smallest absolute Gasteiger partial charge is 0.275 e. The first-order valence-electron chi connectivity index (χ1n) is 9.21. The van der Waals surface area contributed by atoms with Gasteiger partial charge in [-0.05, 0) is 43.2 Å². The number of nitrogens with one attached hydrogen (secondary N) is 3. The van der Waals surface area contributed by atoms with Gasteiger partial charge in [0.1, 0.15) is 11.6 Å². The minimum atomic E-state index is -0.231. The molecule has 1 heterocycles. The van der Waals surface area contributed by atoms with Gasteiger partial charge in [0.25, 0.3) is 5.91 Å². The van der Waals surface area contributed by atoms with Gasteiger partial charge in [-0.1, -0.05) is 24.3 Å². The lowest BCUT2D eigenvalue weighted by atomic mass is 10.1. The van der Waals surface area contributed by atoms with Crippen LogP contribution >= 0.6 is 11.3 Å². The number of aromatic nitrogens is 1. The molecule has 7 heteroatoms. The highest BCUT2D eigenvalue weighted by molar-refractivity contribution is 7.18. The van der Waals surface area contributed by atoms with Crippen LogP contribution in [0.15, 0.2) is 42.5 Å². The number of nitrogens with zero attached hydrogens (tertiary/aromatic N) is 1. The molecule has 1 unspecified atom stereocenters. The van der Waals surface area contributed by atoms with Crippen LogP contribution in [0.25, 0.3) is 10.2 Å². The number of aryl methyl sites for hydroxylation is 1. The fourth-order valence-electron chi connectivity index (χ4n) is 2.91. The second-order valence-corrected chi connectivity index (χ2v) is 8.07. The molecular formula is C21H25N4O2S+. The van der Waals surface area contributed by atoms with Gasteiger partial charge in [-0.2, -0.15) is 0 Å². The van der Waals surface area contributed by atoms with E-state index in [4.69, 9.17) is 0 Å². The molecule has 1 aromatic heterocycles. The quantitative estimate of drug-likeness (QED) is 0.568. The van der Waals surface area contributed by atoms with Gasteiger partial charge in [-0.15, -0.1) is 11.3 Å². The Morgan fingerprint density at radius 2 is 1.86 bits per heavy atom. The second-order valence-electron chi connectivity index (χ2n) is 6.96. The average molecular weight is 398 g/mol. The minimum Gasteiger partial charge on any atom is -0.342 e. The van der Waals surface area contributed by atoms with Gasteiger partial charge in [0.2, 0.25) is 5.91 Å². The largest absolute Gasteiger partial charge is 0.342 e. The van der Waals surface area contributed by atoms with E-state index in [0.717, 1.165) is 36.9 Å². The van der Waals surface area contributed by atoms with E-state index < -0.39 is 0 Å². The van der Waals surface area contributed by atoms with Crippen molar-refractivity contribution in [3.63, 3.8) is 0 Å². The monoisotopic (exact) mass is 397 g/mol. The van der Waals surface area contributed by atoms with Crippen molar-refractivity contribution in [1.29, 1.82) is 0 Å². The molecule has 2 aromatic carbocycles. The molecule has 6 nitrogen and oxygen atoms in total. The van der Waals surface area contributed by atoms with Gasteiger partial charge < -0.3 is 15.5 Å². The van der Waals surface area contributed by atoms with E-state index in [9.17, 15) is 9.59 Å². The zero-order valence-corrected chi connectivity index (χ0v) is 17.2. The number of quaternary nitrogens is 1. The number of thiazole rings is 1. The maximum atomic E-state index is 12.2. The van der Waals surface area contributed by atoms with Gasteiger partial charge in [-0.3, -0.25) is 9.59 Å². The summed E-state index contributed by atoms with van der Waals surface area (Å²) in [5, 5.41) is 6.54. The molecule has 0 saturated carbocycles. The van der Waals surface area contributed by atoms with Crippen molar-refractivity contribution in [2.75, 3.05) is 25.5 Å². The lowest BCUT2D eigenvalue weighted by Gasteiger charge is -2.13. The Balaban J connectivity index is 1.45. The van der Waals surface area contributed by atoms with Crippen LogP contribution in [-0.4, -0.2) is 36.9 Å². The van der Waals surface area contributed by atoms with Crippen molar-refractivity contribution in [3.05, 3.63) is 58.6 Å². The van der Waals surface area contributed by atoms with Gasteiger partial charge >= 0.3 is 0 Å². The molecule has 0 fully saturated rings. The fourth-order valence-corrected chi connectivity index (χ4v) is 3.99. The predicted molar refractivity (Wildman–Crippen MR) is 113 cm³/mol. The lowest BCUT2D eigenvalue weighted by molar-refractivity contribution is -0.885. The Labute approximate surface area is 168 Å². The topological polar surface area (TPSA) is 75.5 Å². The third kappa shape index (κ3) is 5.15. The number of hydrogen-bond acceptors (Lipinski definition) is 4. The van der Waals surface area contributed by atoms with E-state index in [1.165, 1.54) is 0 Å². The van der Waals surface area contributed by atoms with Crippen LogP contribution in [-0.2, 0) is 16.1 Å². The number of carbonyl (C=O) groups excluding carboxylic acids is 2. The second kappa shape index (κ2) is 8.95. The molecule has 146 valence electrons. The van der Waals surface area contributed by atoms with Crippen LogP contribution < -0.4 is 15.5 Å². The SMILES string of the molecule is Cc1cccc(NC(=O)CNC(=O)C[NH+](C)Cc2nc3ccccc3s2)c1C. The molecule has 0 bridgehead atoms. The Kier molecular flexibility index (Phi) is 6.38. The van der Waals surface area contributed by atoms with Crippen molar-refractivity contribution in [2.45, 2.75) is 20.4 Å². The van der Waals surface area contributed by atoms with Gasteiger partial charge in [0, 0.05) is 5.69 Å². The van der Waals surface area contributed by atoms with Crippen molar-refractivity contribution < 1.29 is 14.5 Å². The average Bonchev–Trinajstić information content (AvgIpc) is 3.05. The lowest BCUT2D eigenvalue weighted by Crippen LogP contribution is -3.08. The number of hydrogen-bond donors (Lipinski definition) is 3. The Morgan fingerprint density at radius 3 is 2.64 bits per heavy atom. The zero-order chi connectivity index (χ0) is 20.1. The number of anilines is 1. The maximum Gasteiger partial charge on any atom is 0.275 e. The van der Waals surface area contributed by atoms with E-state index in [1.807, 2.05) is 63.4 Å². The van der Waals surface area contributed by atoms with Crippen molar-refractivity contribution in [1.82, 2.24) is 10.3 Å². The first kappa shape index (κ1) is 20.0. The first-order chi connectivity index (χ1) is 13.4. The number of fused-ring (bicyclic) bond motifs is 1. The summed E-state index contributed by atoms with van der Waals surface area (Å²) >= 11 is 1.65. The maximum absolute atomic E-state index is 12.2. The summed E-state index contributed by atoms with van der Waals surface area (Å²) in [7, 11) is 1.95. The van der Waals surface area contributed by atoms with Crippen LogP contribution in [0.5, 0.6) is 0 Å². The molecule has 1 atom stereocenters. The number of para-hydroxylation sites is 1. The van der Waals surface area contributed by atoms with Gasteiger partial charge in [-0.25, -0.2) is 4.98 Å². The molecular weight excluding hydrogens is 372 g/mol. The summed E-state index contributed by atoms with van der Waals surface area (Å²) in [4.78, 5) is 29.9. The highest BCUT2D eigenvalue weighted by Gasteiger charge is 2.14.